The molecule has 0 saturated heterocycles. The summed E-state index contributed by atoms with van der Waals surface area (Å²) in [5, 5.41) is 0. The molecule has 4 heteroatoms. The van der Waals surface area contributed by atoms with E-state index < -0.39 is 0 Å². The van der Waals surface area contributed by atoms with Crippen molar-refractivity contribution in [2.75, 3.05) is 13.6 Å². The molecule has 0 aliphatic heterocycles. The van der Waals surface area contributed by atoms with E-state index in [0.717, 1.165) is 11.0 Å². The first-order valence-electron chi connectivity index (χ1n) is 4.29. The fraction of sp³-hybridized carbons (Fsp3) is 0.300. The number of rotatable bonds is 4. The normalized spacial score (nSPS) is 10.5. The molecule has 0 aliphatic rings. The summed E-state index contributed by atoms with van der Waals surface area (Å²) in [5.41, 5.74) is 6.71. The maximum absolute atomic E-state index is 5.45. The van der Waals surface area contributed by atoms with Crippen LogP contribution in [0.3, 0.4) is 0 Å². The van der Waals surface area contributed by atoms with Crippen LogP contribution in [0.25, 0.3) is 0 Å². The van der Waals surface area contributed by atoms with E-state index in [0.29, 0.717) is 11.5 Å². The van der Waals surface area contributed by atoms with Gasteiger partial charge in [-0.1, -0.05) is 40.3 Å². The standard InChI is InChI=1S/C10H13BrN2S/c1-13(7-10(12)14)6-8-2-4-9(11)5-3-8/h2-5H,6-7H2,1H3,(H2,12,14). The Hall–Kier alpha value is -0.450. The Morgan fingerprint density at radius 2 is 2.00 bits per heavy atom. The second kappa shape index (κ2) is 5.44. The molecule has 0 spiro atoms. The molecule has 2 N–H and O–H groups in total. The molecule has 14 heavy (non-hydrogen) atoms. The average molecular weight is 273 g/mol. The van der Waals surface area contributed by atoms with Gasteiger partial charge in [0.25, 0.3) is 0 Å². The van der Waals surface area contributed by atoms with Gasteiger partial charge in [0, 0.05) is 17.6 Å². The number of hydrogen-bond acceptors (Lipinski definition) is 2. The first-order chi connectivity index (χ1) is 6.58. The molecule has 1 rings (SSSR count). The van der Waals surface area contributed by atoms with Crippen LogP contribution < -0.4 is 5.73 Å². The summed E-state index contributed by atoms with van der Waals surface area (Å²) < 4.78 is 1.10. The van der Waals surface area contributed by atoms with Gasteiger partial charge in [0.1, 0.15) is 0 Å². The van der Waals surface area contributed by atoms with E-state index in [1.807, 2.05) is 19.2 Å². The van der Waals surface area contributed by atoms with E-state index in [9.17, 15) is 0 Å². The van der Waals surface area contributed by atoms with E-state index in [-0.39, 0.29) is 0 Å². The quantitative estimate of drug-likeness (QED) is 0.852. The van der Waals surface area contributed by atoms with Gasteiger partial charge in [-0.3, -0.25) is 4.90 Å². The van der Waals surface area contributed by atoms with Crippen LogP contribution in [0.1, 0.15) is 5.56 Å². The highest BCUT2D eigenvalue weighted by molar-refractivity contribution is 9.10. The number of halogens is 1. The first-order valence-corrected chi connectivity index (χ1v) is 5.49. The molecule has 76 valence electrons. The third kappa shape index (κ3) is 4.17. The lowest BCUT2D eigenvalue weighted by Crippen LogP contribution is -2.28. The largest absolute Gasteiger partial charge is 0.392 e. The van der Waals surface area contributed by atoms with Crippen LogP contribution in [-0.4, -0.2) is 23.5 Å². The van der Waals surface area contributed by atoms with Crippen LogP contribution in [0, 0.1) is 0 Å². The molecule has 0 heterocycles. The van der Waals surface area contributed by atoms with Crippen LogP contribution in [-0.2, 0) is 6.54 Å². The van der Waals surface area contributed by atoms with Gasteiger partial charge in [0.2, 0.25) is 0 Å². The second-order valence-electron chi connectivity index (χ2n) is 3.27. The zero-order valence-corrected chi connectivity index (χ0v) is 10.4. The fourth-order valence-electron chi connectivity index (χ4n) is 1.22. The molecule has 0 saturated carbocycles. The highest BCUT2D eigenvalue weighted by Crippen LogP contribution is 2.11. The summed E-state index contributed by atoms with van der Waals surface area (Å²) in [6.45, 7) is 1.52. The van der Waals surface area contributed by atoms with Crippen molar-refractivity contribution in [2.24, 2.45) is 5.73 Å². The van der Waals surface area contributed by atoms with E-state index in [2.05, 4.69) is 33.0 Å². The molecule has 0 radical (unpaired) electrons. The molecule has 0 atom stereocenters. The number of hydrogen-bond donors (Lipinski definition) is 1. The van der Waals surface area contributed by atoms with E-state index in [1.54, 1.807) is 0 Å². The molecular formula is C10H13BrN2S. The predicted octanol–water partition coefficient (Wildman–Crippen LogP) is 2.17. The third-order valence-electron chi connectivity index (χ3n) is 1.79. The Labute approximate surface area is 98.2 Å². The Bertz CT molecular complexity index is 310. The minimum absolute atomic E-state index is 0.532. The zero-order chi connectivity index (χ0) is 10.6. The maximum Gasteiger partial charge on any atom is 0.0870 e. The van der Waals surface area contributed by atoms with Crippen molar-refractivity contribution >= 4 is 33.1 Å². The molecule has 1 aromatic rings. The Balaban J connectivity index is 2.51. The average Bonchev–Trinajstić information content (AvgIpc) is 2.07. The molecule has 2 nitrogen and oxygen atoms in total. The molecule has 0 aromatic heterocycles. The van der Waals surface area contributed by atoms with Crippen LogP contribution >= 0.6 is 28.1 Å². The lowest BCUT2D eigenvalue weighted by Gasteiger charge is -2.15. The van der Waals surface area contributed by atoms with Gasteiger partial charge in [-0.2, -0.15) is 0 Å². The smallest absolute Gasteiger partial charge is 0.0870 e. The highest BCUT2D eigenvalue weighted by Gasteiger charge is 2.00. The van der Waals surface area contributed by atoms with Gasteiger partial charge in [0.05, 0.1) is 4.99 Å². The SMILES string of the molecule is CN(CC(N)=S)Cc1ccc(Br)cc1. The lowest BCUT2D eigenvalue weighted by atomic mass is 10.2. The summed E-state index contributed by atoms with van der Waals surface area (Å²) in [7, 11) is 2.00. The minimum Gasteiger partial charge on any atom is -0.392 e. The second-order valence-corrected chi connectivity index (χ2v) is 4.71. The van der Waals surface area contributed by atoms with Gasteiger partial charge < -0.3 is 5.73 Å². The van der Waals surface area contributed by atoms with E-state index >= 15 is 0 Å². The summed E-state index contributed by atoms with van der Waals surface area (Å²) in [6.07, 6.45) is 0. The summed E-state index contributed by atoms with van der Waals surface area (Å²) in [6, 6.07) is 8.23. The summed E-state index contributed by atoms with van der Waals surface area (Å²) >= 11 is 8.23. The molecule has 0 amide bonds. The molecule has 0 unspecified atom stereocenters. The number of benzene rings is 1. The van der Waals surface area contributed by atoms with Gasteiger partial charge in [0.15, 0.2) is 0 Å². The third-order valence-corrected chi connectivity index (χ3v) is 2.45. The van der Waals surface area contributed by atoms with Gasteiger partial charge in [-0.25, -0.2) is 0 Å². The molecule has 0 bridgehead atoms. The van der Waals surface area contributed by atoms with E-state index in [4.69, 9.17) is 18.0 Å². The summed E-state index contributed by atoms with van der Waals surface area (Å²) in [4.78, 5) is 2.62. The maximum atomic E-state index is 5.45. The van der Waals surface area contributed by atoms with Crippen LogP contribution in [0.2, 0.25) is 0 Å². The van der Waals surface area contributed by atoms with Crippen LogP contribution in [0.4, 0.5) is 0 Å². The number of nitrogens with zero attached hydrogens (tertiary/aromatic N) is 1. The molecule has 0 aliphatic carbocycles. The fourth-order valence-corrected chi connectivity index (χ4v) is 1.71. The monoisotopic (exact) mass is 272 g/mol. The van der Waals surface area contributed by atoms with Gasteiger partial charge >= 0.3 is 0 Å². The number of thiocarbonyl (C=S) groups is 1. The molecule has 0 fully saturated rings. The first kappa shape index (κ1) is 11.6. The van der Waals surface area contributed by atoms with Gasteiger partial charge in [-0.05, 0) is 24.7 Å². The lowest BCUT2D eigenvalue weighted by molar-refractivity contribution is 0.374. The Morgan fingerprint density at radius 3 is 2.50 bits per heavy atom. The van der Waals surface area contributed by atoms with Crippen molar-refractivity contribution < 1.29 is 0 Å². The van der Waals surface area contributed by atoms with E-state index in [1.165, 1.54) is 5.56 Å². The Morgan fingerprint density at radius 1 is 1.43 bits per heavy atom. The highest BCUT2D eigenvalue weighted by atomic mass is 79.9. The van der Waals surface area contributed by atoms with Crippen molar-refractivity contribution in [3.63, 3.8) is 0 Å². The van der Waals surface area contributed by atoms with Crippen molar-refractivity contribution in [1.82, 2.24) is 4.90 Å². The van der Waals surface area contributed by atoms with Crippen molar-refractivity contribution in [1.29, 1.82) is 0 Å². The minimum atomic E-state index is 0.532. The molecular weight excluding hydrogens is 260 g/mol. The van der Waals surface area contributed by atoms with Crippen molar-refractivity contribution in [2.45, 2.75) is 6.54 Å². The summed E-state index contributed by atoms with van der Waals surface area (Å²) in [5.74, 6) is 0. The molecule has 1 aromatic carbocycles. The van der Waals surface area contributed by atoms with Crippen molar-refractivity contribution in [3.05, 3.63) is 34.3 Å². The van der Waals surface area contributed by atoms with Gasteiger partial charge in [-0.15, -0.1) is 0 Å². The van der Waals surface area contributed by atoms with Crippen LogP contribution in [0.15, 0.2) is 28.7 Å². The number of nitrogens with two attached hydrogens (primary N) is 1. The van der Waals surface area contributed by atoms with Crippen molar-refractivity contribution in [3.8, 4) is 0 Å². The van der Waals surface area contributed by atoms with Crippen LogP contribution in [0.5, 0.6) is 0 Å². The Kier molecular flexibility index (Phi) is 4.51. The topological polar surface area (TPSA) is 29.3 Å². The predicted molar refractivity (Wildman–Crippen MR) is 67.3 cm³/mol. The zero-order valence-electron chi connectivity index (χ0n) is 8.03. The number of likely N-dealkylation sites (N-methyl/N-ethyl adjacent to an activating group) is 1.